The second kappa shape index (κ2) is 5.83. The van der Waals surface area contributed by atoms with Crippen LogP contribution in [-0.2, 0) is 6.42 Å². The summed E-state index contributed by atoms with van der Waals surface area (Å²) in [6.45, 7) is 2.21. The van der Waals surface area contributed by atoms with E-state index in [1.165, 1.54) is 18.7 Å². The minimum Gasteiger partial charge on any atom is -0.247 e. The monoisotopic (exact) mass is 357 g/mol. The molecule has 0 spiro atoms. The first kappa shape index (κ1) is 12.8. The van der Waals surface area contributed by atoms with Crippen molar-refractivity contribution in [2.45, 2.75) is 26.2 Å². The molecule has 0 unspecified atom stereocenters. The molecule has 2 aromatic rings. The molecule has 0 fully saturated rings. The molecule has 1 aromatic carbocycles. The lowest BCUT2D eigenvalue weighted by Crippen LogP contribution is -2.33. The van der Waals surface area contributed by atoms with E-state index in [0.717, 1.165) is 21.1 Å². The summed E-state index contributed by atoms with van der Waals surface area (Å²) in [5, 5.41) is 0. The van der Waals surface area contributed by atoms with Crippen LogP contribution in [-0.4, -0.2) is 4.98 Å². The highest BCUT2D eigenvalue weighted by atomic mass is 79.9. The van der Waals surface area contributed by atoms with Crippen molar-refractivity contribution >= 4 is 31.9 Å². The van der Waals surface area contributed by atoms with E-state index in [0.29, 0.717) is 0 Å². The van der Waals surface area contributed by atoms with Crippen LogP contribution in [0.4, 0.5) is 0 Å². The van der Waals surface area contributed by atoms with E-state index in [1.54, 1.807) is 0 Å². The summed E-state index contributed by atoms with van der Waals surface area (Å²) in [4.78, 5) is 3.31. The Bertz CT molecular complexity index is 506. The van der Waals surface area contributed by atoms with E-state index in [-0.39, 0.29) is 0 Å². The molecule has 0 radical (unpaired) electrons. The summed E-state index contributed by atoms with van der Waals surface area (Å²) < 4.78 is 4.36. The maximum Gasteiger partial charge on any atom is 0.259 e. The van der Waals surface area contributed by atoms with E-state index in [4.69, 9.17) is 0 Å². The van der Waals surface area contributed by atoms with Crippen LogP contribution in [0.15, 0.2) is 39.5 Å². The lowest BCUT2D eigenvalue weighted by atomic mass is 10.2. The Morgan fingerprint density at radius 2 is 2.12 bits per heavy atom. The topological polar surface area (TPSA) is 19.7 Å². The third kappa shape index (κ3) is 2.80. The Balaban J connectivity index is 2.39. The summed E-state index contributed by atoms with van der Waals surface area (Å²) in [5.41, 5.74) is 1.16. The number of aryl methyl sites for hydroxylation is 1. The minimum absolute atomic E-state index is 1.07. The van der Waals surface area contributed by atoms with Crippen molar-refractivity contribution in [3.63, 3.8) is 0 Å². The lowest BCUT2D eigenvalue weighted by Gasteiger charge is -2.04. The Morgan fingerprint density at radius 3 is 2.88 bits per heavy atom. The van der Waals surface area contributed by atoms with Gasteiger partial charge in [0.1, 0.15) is 18.1 Å². The van der Waals surface area contributed by atoms with Gasteiger partial charge in [-0.1, -0.05) is 19.4 Å². The van der Waals surface area contributed by atoms with Crippen LogP contribution in [0.5, 0.6) is 0 Å². The zero-order chi connectivity index (χ0) is 12.3. The number of benzene rings is 1. The summed E-state index contributed by atoms with van der Waals surface area (Å²) in [6.07, 6.45) is 7.53. The summed E-state index contributed by atoms with van der Waals surface area (Å²) >= 11 is 7.16. The molecule has 0 saturated heterocycles. The van der Waals surface area contributed by atoms with Crippen molar-refractivity contribution in [2.24, 2.45) is 0 Å². The highest BCUT2D eigenvalue weighted by molar-refractivity contribution is 9.13. The first-order valence-electron chi connectivity index (χ1n) is 5.76. The first-order chi connectivity index (χ1) is 8.24. The van der Waals surface area contributed by atoms with E-state index in [9.17, 15) is 0 Å². The maximum absolute atomic E-state index is 3.62. The van der Waals surface area contributed by atoms with Gasteiger partial charge in [0.05, 0.1) is 4.47 Å². The number of H-pyrrole nitrogens is 1. The molecule has 17 heavy (non-hydrogen) atoms. The van der Waals surface area contributed by atoms with Crippen LogP contribution >= 0.6 is 31.9 Å². The molecule has 4 heteroatoms. The van der Waals surface area contributed by atoms with Crippen LogP contribution in [0, 0.1) is 0 Å². The van der Waals surface area contributed by atoms with Crippen molar-refractivity contribution in [1.29, 1.82) is 0 Å². The fourth-order valence-electron chi connectivity index (χ4n) is 1.81. The molecule has 0 atom stereocenters. The second-order valence-electron chi connectivity index (χ2n) is 3.95. The highest BCUT2D eigenvalue weighted by Crippen LogP contribution is 2.26. The number of halogens is 2. The molecule has 90 valence electrons. The Labute approximate surface area is 118 Å². The van der Waals surface area contributed by atoms with E-state index in [2.05, 4.69) is 60.6 Å². The van der Waals surface area contributed by atoms with E-state index < -0.39 is 0 Å². The van der Waals surface area contributed by atoms with Crippen LogP contribution in [0.2, 0.25) is 0 Å². The number of hydrogen-bond donors (Lipinski definition) is 1. The Hall–Kier alpha value is -0.610. The molecule has 0 aliphatic carbocycles. The Kier molecular flexibility index (Phi) is 4.40. The molecular weight excluding hydrogens is 344 g/mol. The SMILES string of the molecule is CCCCc1[nH]cc[n+]1-c1cccc(Br)c1Br. The third-order valence-electron chi connectivity index (χ3n) is 2.72. The van der Waals surface area contributed by atoms with Crippen LogP contribution in [0.1, 0.15) is 25.6 Å². The first-order valence-corrected chi connectivity index (χ1v) is 7.35. The largest absolute Gasteiger partial charge is 0.259 e. The average molecular weight is 359 g/mol. The molecule has 0 bridgehead atoms. The van der Waals surface area contributed by atoms with Gasteiger partial charge in [0.15, 0.2) is 0 Å². The quantitative estimate of drug-likeness (QED) is 0.792. The number of aromatic amines is 1. The number of nitrogens with zero attached hydrogens (tertiary/aromatic N) is 1. The molecule has 1 aromatic heterocycles. The van der Waals surface area contributed by atoms with Gasteiger partial charge in [0.2, 0.25) is 0 Å². The number of rotatable bonds is 4. The van der Waals surface area contributed by atoms with Gasteiger partial charge in [0, 0.05) is 10.9 Å². The van der Waals surface area contributed by atoms with Crippen molar-refractivity contribution in [3.05, 3.63) is 45.4 Å². The van der Waals surface area contributed by atoms with E-state index >= 15 is 0 Å². The fraction of sp³-hybridized carbons (Fsp3) is 0.308. The standard InChI is InChI=1S/C13H14Br2N2/c1-2-3-7-12-16-8-9-17(12)11-6-4-5-10(14)13(11)15/h4-6,8-9H,2-3,7H2,1H3/p+1. The van der Waals surface area contributed by atoms with Crippen molar-refractivity contribution in [1.82, 2.24) is 4.98 Å². The van der Waals surface area contributed by atoms with Crippen molar-refractivity contribution in [2.75, 3.05) is 0 Å². The summed E-state index contributed by atoms with van der Waals surface area (Å²) in [7, 11) is 0. The maximum atomic E-state index is 3.62. The second-order valence-corrected chi connectivity index (χ2v) is 5.60. The van der Waals surface area contributed by atoms with Gasteiger partial charge in [-0.05, 0) is 50.4 Å². The lowest BCUT2D eigenvalue weighted by molar-refractivity contribution is -0.603. The van der Waals surface area contributed by atoms with Crippen LogP contribution in [0.3, 0.4) is 0 Å². The van der Waals surface area contributed by atoms with Gasteiger partial charge >= 0.3 is 0 Å². The number of nitrogens with one attached hydrogen (secondary N) is 1. The van der Waals surface area contributed by atoms with Gasteiger partial charge in [-0.25, -0.2) is 4.98 Å². The predicted molar refractivity (Wildman–Crippen MR) is 76.3 cm³/mol. The molecular formula is C13H15Br2N2+. The summed E-state index contributed by atoms with van der Waals surface area (Å²) in [6, 6.07) is 6.19. The molecule has 0 saturated carbocycles. The zero-order valence-electron chi connectivity index (χ0n) is 9.71. The molecule has 1 heterocycles. The van der Waals surface area contributed by atoms with E-state index in [1.807, 2.05) is 18.3 Å². The van der Waals surface area contributed by atoms with Gasteiger partial charge in [0.25, 0.3) is 5.82 Å². The number of aromatic nitrogens is 2. The van der Waals surface area contributed by atoms with Gasteiger partial charge in [-0.3, -0.25) is 0 Å². The van der Waals surface area contributed by atoms with Gasteiger partial charge in [-0.2, -0.15) is 4.57 Å². The Morgan fingerprint density at radius 1 is 1.29 bits per heavy atom. The summed E-state index contributed by atoms with van der Waals surface area (Å²) in [5.74, 6) is 1.24. The van der Waals surface area contributed by atoms with Gasteiger partial charge in [-0.15, -0.1) is 0 Å². The predicted octanol–water partition coefficient (Wildman–Crippen LogP) is 4.16. The van der Waals surface area contributed by atoms with Crippen LogP contribution < -0.4 is 4.57 Å². The zero-order valence-corrected chi connectivity index (χ0v) is 12.9. The number of unbranched alkanes of at least 4 members (excludes halogenated alkanes) is 1. The average Bonchev–Trinajstić information content (AvgIpc) is 2.78. The highest BCUT2D eigenvalue weighted by Gasteiger charge is 2.15. The molecule has 2 nitrogen and oxygen atoms in total. The molecule has 1 N–H and O–H groups in total. The molecule has 0 aliphatic rings. The number of imidazole rings is 1. The smallest absolute Gasteiger partial charge is 0.247 e. The molecule has 0 amide bonds. The van der Waals surface area contributed by atoms with Crippen molar-refractivity contribution in [3.8, 4) is 5.69 Å². The number of hydrogen-bond acceptors (Lipinski definition) is 0. The van der Waals surface area contributed by atoms with Crippen LogP contribution in [0.25, 0.3) is 5.69 Å². The normalized spacial score (nSPS) is 10.8. The van der Waals surface area contributed by atoms with Gasteiger partial charge < -0.3 is 0 Å². The fourth-order valence-corrected chi connectivity index (χ4v) is 2.62. The minimum atomic E-state index is 1.07. The third-order valence-corrected chi connectivity index (χ3v) is 4.75. The molecule has 2 rings (SSSR count). The van der Waals surface area contributed by atoms with Crippen molar-refractivity contribution < 1.29 is 4.57 Å². The molecule has 0 aliphatic heterocycles.